The van der Waals surface area contributed by atoms with E-state index in [4.69, 9.17) is 0 Å². The summed E-state index contributed by atoms with van der Waals surface area (Å²) in [5.74, 6) is 0.218. The average molecular weight is 211 g/mol. The van der Waals surface area contributed by atoms with E-state index in [9.17, 15) is 9.59 Å². The fourth-order valence-corrected chi connectivity index (χ4v) is 1.92. The van der Waals surface area contributed by atoms with E-state index in [0.717, 1.165) is 0 Å². The molecule has 2 amide bonds. The van der Waals surface area contributed by atoms with Crippen molar-refractivity contribution in [1.29, 1.82) is 0 Å². The molecule has 86 valence electrons. The molecule has 0 radical (unpaired) electrons. The van der Waals surface area contributed by atoms with Crippen LogP contribution in [0.3, 0.4) is 0 Å². The summed E-state index contributed by atoms with van der Waals surface area (Å²) in [7, 11) is 0. The van der Waals surface area contributed by atoms with Crippen molar-refractivity contribution in [3.63, 3.8) is 0 Å². The van der Waals surface area contributed by atoms with Gasteiger partial charge in [-0.1, -0.05) is 34.6 Å². The summed E-state index contributed by atoms with van der Waals surface area (Å²) in [6.45, 7) is 10.6. The molecular weight excluding hydrogens is 190 g/mol. The summed E-state index contributed by atoms with van der Waals surface area (Å²) in [4.78, 5) is 25.1. The van der Waals surface area contributed by atoms with E-state index in [2.05, 4.69) is 0 Å². The minimum Gasteiger partial charge on any atom is -0.282 e. The average Bonchev–Trinajstić information content (AvgIpc) is 2.30. The molecule has 1 fully saturated rings. The molecule has 0 aromatic heterocycles. The first-order chi connectivity index (χ1) is 6.73. The zero-order valence-electron chi connectivity index (χ0n) is 10.3. The number of carbonyl (C=O) groups excluding carboxylic acids is 2. The van der Waals surface area contributed by atoms with Gasteiger partial charge in [0.2, 0.25) is 11.8 Å². The van der Waals surface area contributed by atoms with Gasteiger partial charge in [0.1, 0.15) is 0 Å². The van der Waals surface area contributed by atoms with Crippen LogP contribution in [-0.2, 0) is 9.59 Å². The van der Waals surface area contributed by atoms with Gasteiger partial charge in [-0.2, -0.15) is 0 Å². The molecule has 1 aliphatic heterocycles. The highest BCUT2D eigenvalue weighted by Gasteiger charge is 2.44. The van der Waals surface area contributed by atoms with Crippen molar-refractivity contribution < 1.29 is 9.59 Å². The molecule has 3 heteroatoms. The minimum absolute atomic E-state index is 0.00590. The Bertz CT molecular complexity index is 276. The van der Waals surface area contributed by atoms with Gasteiger partial charge >= 0.3 is 0 Å². The summed E-state index contributed by atoms with van der Waals surface area (Å²) in [5.41, 5.74) is -0.113. The zero-order chi connectivity index (χ0) is 11.8. The second kappa shape index (κ2) is 3.95. The fraction of sp³-hybridized carbons (Fsp3) is 0.833. The van der Waals surface area contributed by atoms with E-state index in [1.165, 1.54) is 4.90 Å². The lowest BCUT2D eigenvalue weighted by atomic mass is 9.80. The Hall–Kier alpha value is -0.860. The van der Waals surface area contributed by atoms with Gasteiger partial charge in [-0.3, -0.25) is 14.5 Å². The molecule has 1 saturated heterocycles. The molecule has 1 atom stereocenters. The Balaban J connectivity index is 2.80. The van der Waals surface area contributed by atoms with E-state index in [1.807, 2.05) is 34.6 Å². The third kappa shape index (κ3) is 2.58. The molecule has 15 heavy (non-hydrogen) atoms. The van der Waals surface area contributed by atoms with Crippen LogP contribution in [-0.4, -0.2) is 23.3 Å². The summed E-state index contributed by atoms with van der Waals surface area (Å²) >= 11 is 0. The second-order valence-electron chi connectivity index (χ2n) is 5.86. The summed E-state index contributed by atoms with van der Waals surface area (Å²) < 4.78 is 0. The van der Waals surface area contributed by atoms with Gasteiger partial charge in [0.05, 0.1) is 5.92 Å². The zero-order valence-corrected chi connectivity index (χ0v) is 10.3. The molecular formula is C12H21NO2. The fourth-order valence-electron chi connectivity index (χ4n) is 1.92. The lowest BCUT2D eigenvalue weighted by Crippen LogP contribution is -2.36. The number of amides is 2. The van der Waals surface area contributed by atoms with Crippen LogP contribution >= 0.6 is 0 Å². The van der Waals surface area contributed by atoms with Gasteiger partial charge in [0.25, 0.3) is 0 Å². The molecule has 0 bridgehead atoms. The highest BCUT2D eigenvalue weighted by Crippen LogP contribution is 2.35. The Morgan fingerprint density at radius 1 is 1.33 bits per heavy atom. The Morgan fingerprint density at radius 2 is 1.87 bits per heavy atom. The maximum atomic E-state index is 12.0. The van der Waals surface area contributed by atoms with Gasteiger partial charge < -0.3 is 0 Å². The molecule has 1 heterocycles. The first-order valence-electron chi connectivity index (χ1n) is 5.57. The molecule has 3 nitrogen and oxygen atoms in total. The Labute approximate surface area is 91.8 Å². The van der Waals surface area contributed by atoms with Gasteiger partial charge in [0, 0.05) is 13.0 Å². The smallest absolute Gasteiger partial charge is 0.233 e. The molecule has 0 aromatic rings. The van der Waals surface area contributed by atoms with Gasteiger partial charge in [-0.25, -0.2) is 0 Å². The number of likely N-dealkylation sites (tertiary alicyclic amines) is 1. The maximum Gasteiger partial charge on any atom is 0.233 e. The predicted octanol–water partition coefficient (Wildman–Crippen LogP) is 2.06. The van der Waals surface area contributed by atoms with Crippen molar-refractivity contribution >= 4 is 11.8 Å². The monoisotopic (exact) mass is 211 g/mol. The summed E-state index contributed by atoms with van der Waals surface area (Å²) in [6.07, 6.45) is 0.384. The number of hydrogen-bond donors (Lipinski definition) is 0. The normalized spacial score (nSPS) is 23.1. The van der Waals surface area contributed by atoms with Gasteiger partial charge in [-0.05, 0) is 11.3 Å². The van der Waals surface area contributed by atoms with Crippen molar-refractivity contribution in [2.75, 3.05) is 6.54 Å². The Kier molecular flexibility index (Phi) is 3.22. The molecule has 1 rings (SSSR count). The van der Waals surface area contributed by atoms with Crippen LogP contribution < -0.4 is 0 Å². The van der Waals surface area contributed by atoms with E-state index < -0.39 is 0 Å². The van der Waals surface area contributed by atoms with Crippen LogP contribution in [0.1, 0.15) is 41.0 Å². The molecule has 0 aliphatic carbocycles. The van der Waals surface area contributed by atoms with Crippen molar-refractivity contribution in [3.8, 4) is 0 Å². The quantitative estimate of drug-likeness (QED) is 0.656. The first kappa shape index (κ1) is 12.2. The van der Waals surface area contributed by atoms with E-state index in [0.29, 0.717) is 18.9 Å². The lowest BCUT2D eigenvalue weighted by Gasteiger charge is -2.25. The van der Waals surface area contributed by atoms with Crippen molar-refractivity contribution in [2.45, 2.75) is 41.0 Å². The minimum atomic E-state index is -0.135. The third-order valence-electron chi connectivity index (χ3n) is 2.84. The van der Waals surface area contributed by atoms with Gasteiger partial charge in [-0.15, -0.1) is 0 Å². The van der Waals surface area contributed by atoms with Crippen molar-refractivity contribution in [3.05, 3.63) is 0 Å². The van der Waals surface area contributed by atoms with E-state index in [1.54, 1.807) is 0 Å². The highest BCUT2D eigenvalue weighted by atomic mass is 16.2. The maximum absolute atomic E-state index is 12.0. The number of rotatable bonds is 2. The third-order valence-corrected chi connectivity index (χ3v) is 2.84. The van der Waals surface area contributed by atoms with Crippen molar-refractivity contribution in [2.24, 2.45) is 17.3 Å². The van der Waals surface area contributed by atoms with Crippen LogP contribution in [0.25, 0.3) is 0 Å². The SMILES string of the molecule is CC(C)CN1C(=O)CC(C(C)(C)C)C1=O. The van der Waals surface area contributed by atoms with Crippen LogP contribution in [0.15, 0.2) is 0 Å². The largest absolute Gasteiger partial charge is 0.282 e. The molecule has 0 aromatic carbocycles. The van der Waals surface area contributed by atoms with Crippen LogP contribution in [0.5, 0.6) is 0 Å². The lowest BCUT2D eigenvalue weighted by molar-refractivity contribution is -0.140. The second-order valence-corrected chi connectivity index (χ2v) is 5.86. The van der Waals surface area contributed by atoms with Crippen LogP contribution in [0.4, 0.5) is 0 Å². The molecule has 0 spiro atoms. The van der Waals surface area contributed by atoms with E-state index in [-0.39, 0.29) is 23.1 Å². The van der Waals surface area contributed by atoms with Crippen LogP contribution in [0.2, 0.25) is 0 Å². The molecule has 1 unspecified atom stereocenters. The van der Waals surface area contributed by atoms with Crippen LogP contribution in [0, 0.1) is 17.3 Å². The molecule has 1 aliphatic rings. The number of nitrogens with zero attached hydrogens (tertiary/aromatic N) is 1. The van der Waals surface area contributed by atoms with Crippen molar-refractivity contribution in [1.82, 2.24) is 4.90 Å². The first-order valence-corrected chi connectivity index (χ1v) is 5.57. The number of carbonyl (C=O) groups is 2. The number of hydrogen-bond acceptors (Lipinski definition) is 2. The number of imide groups is 1. The Morgan fingerprint density at radius 3 is 2.20 bits per heavy atom. The van der Waals surface area contributed by atoms with Gasteiger partial charge in [0.15, 0.2) is 0 Å². The summed E-state index contributed by atoms with van der Waals surface area (Å²) in [5, 5.41) is 0. The van der Waals surface area contributed by atoms with E-state index >= 15 is 0 Å². The summed E-state index contributed by atoms with van der Waals surface area (Å²) in [6, 6.07) is 0. The highest BCUT2D eigenvalue weighted by molar-refractivity contribution is 6.03. The molecule has 0 saturated carbocycles. The molecule has 0 N–H and O–H groups in total. The topological polar surface area (TPSA) is 37.4 Å². The standard InChI is InChI=1S/C12H21NO2/c1-8(2)7-13-10(14)6-9(11(13)15)12(3,4)5/h8-9H,6-7H2,1-5H3. The predicted molar refractivity (Wildman–Crippen MR) is 59.1 cm³/mol.